The Kier molecular flexibility index (Phi) is 7.61. The number of amidine groups is 1. The molecule has 2 unspecified atom stereocenters. The van der Waals surface area contributed by atoms with E-state index in [0.717, 1.165) is 34.0 Å². The van der Waals surface area contributed by atoms with Gasteiger partial charge in [-0.05, 0) is 50.7 Å². The number of nitrogens with zero attached hydrogens (tertiary/aromatic N) is 2. The maximum atomic E-state index is 13.1. The highest BCUT2D eigenvalue weighted by Crippen LogP contribution is 2.45. The van der Waals surface area contributed by atoms with Gasteiger partial charge in [-0.2, -0.15) is 0 Å². The molecular weight excluding hydrogens is 422 g/mol. The van der Waals surface area contributed by atoms with Gasteiger partial charge in [0.25, 0.3) is 0 Å². The molecule has 32 heavy (non-hydrogen) atoms. The first-order valence-electron chi connectivity index (χ1n) is 10.9. The molecule has 1 N–H and O–H groups in total. The summed E-state index contributed by atoms with van der Waals surface area (Å²) in [5.41, 5.74) is 5.13. The molecule has 7 heteroatoms. The predicted molar refractivity (Wildman–Crippen MR) is 130 cm³/mol. The predicted octanol–water partition coefficient (Wildman–Crippen LogP) is 4.91. The van der Waals surface area contributed by atoms with E-state index in [1.807, 2.05) is 57.1 Å². The van der Waals surface area contributed by atoms with Gasteiger partial charge in [0.2, 0.25) is 5.91 Å². The van der Waals surface area contributed by atoms with Gasteiger partial charge in [-0.25, -0.2) is 9.79 Å². The van der Waals surface area contributed by atoms with Crippen molar-refractivity contribution in [2.75, 3.05) is 6.61 Å². The summed E-state index contributed by atoms with van der Waals surface area (Å²) < 4.78 is 5.43. The summed E-state index contributed by atoms with van der Waals surface area (Å²) in [5.74, 6) is -0.468. The van der Waals surface area contributed by atoms with Crippen LogP contribution in [0.15, 0.2) is 58.2 Å². The van der Waals surface area contributed by atoms with Crippen molar-refractivity contribution in [3.05, 3.63) is 69.9 Å². The molecular formula is C25H31N3O3S. The lowest BCUT2D eigenvalue weighted by atomic mass is 9.90. The first kappa shape index (κ1) is 23.9. The van der Waals surface area contributed by atoms with Gasteiger partial charge in [-0.15, -0.1) is 0 Å². The Morgan fingerprint density at radius 1 is 1.34 bits per heavy atom. The molecule has 6 nitrogen and oxygen atoms in total. The fourth-order valence-corrected chi connectivity index (χ4v) is 4.83. The average Bonchev–Trinajstić information content (AvgIpc) is 3.13. The maximum Gasteiger partial charge on any atom is 0.338 e. The number of carbonyl (C=O) groups is 2. The Bertz CT molecular complexity index is 1030. The lowest BCUT2D eigenvalue weighted by molar-refractivity contribution is -0.138. The van der Waals surface area contributed by atoms with Crippen molar-refractivity contribution in [2.45, 2.75) is 59.5 Å². The van der Waals surface area contributed by atoms with E-state index in [0.29, 0.717) is 11.3 Å². The molecule has 1 aromatic carbocycles. The van der Waals surface area contributed by atoms with Crippen LogP contribution in [-0.2, 0) is 14.3 Å². The van der Waals surface area contributed by atoms with Crippen LogP contribution in [0.2, 0.25) is 0 Å². The van der Waals surface area contributed by atoms with Crippen molar-refractivity contribution in [3.8, 4) is 0 Å². The Balaban J connectivity index is 2.04. The van der Waals surface area contributed by atoms with Gasteiger partial charge in [0.15, 0.2) is 5.17 Å². The Morgan fingerprint density at radius 3 is 2.75 bits per heavy atom. The first-order valence-corrected chi connectivity index (χ1v) is 11.7. The van der Waals surface area contributed by atoms with Gasteiger partial charge < -0.3 is 15.0 Å². The smallest absolute Gasteiger partial charge is 0.338 e. The third kappa shape index (κ3) is 4.99. The molecule has 2 heterocycles. The minimum Gasteiger partial charge on any atom is -0.458 e. The van der Waals surface area contributed by atoms with Gasteiger partial charge in [-0.1, -0.05) is 55.1 Å². The number of esters is 1. The van der Waals surface area contributed by atoms with E-state index in [1.54, 1.807) is 6.08 Å². The number of rotatable bonds is 8. The third-order valence-corrected chi connectivity index (χ3v) is 6.52. The molecule has 0 saturated heterocycles. The van der Waals surface area contributed by atoms with Gasteiger partial charge in [0.05, 0.1) is 23.7 Å². The number of aliphatic imine (C=N–C) groups is 1. The number of amides is 1. The number of hydrogen-bond donors (Lipinski definition) is 1. The molecule has 2 aliphatic heterocycles. The molecule has 0 bridgehead atoms. The average molecular weight is 454 g/mol. The van der Waals surface area contributed by atoms with Crippen molar-refractivity contribution < 1.29 is 14.3 Å². The highest BCUT2D eigenvalue weighted by atomic mass is 32.2. The molecule has 2 atom stereocenters. The number of carbonyl (C=O) groups excluding carboxylic acids is 2. The van der Waals surface area contributed by atoms with Crippen LogP contribution in [0.3, 0.4) is 0 Å². The van der Waals surface area contributed by atoms with E-state index in [4.69, 9.17) is 4.74 Å². The number of aryl methyl sites for hydroxylation is 2. The molecule has 0 aliphatic carbocycles. The summed E-state index contributed by atoms with van der Waals surface area (Å²) in [5, 5.41) is 5.74. The molecule has 1 amide bonds. The molecule has 0 spiro atoms. The van der Waals surface area contributed by atoms with E-state index in [2.05, 4.69) is 23.0 Å². The molecule has 3 rings (SSSR count). The fourth-order valence-electron chi connectivity index (χ4n) is 3.86. The molecule has 2 aliphatic rings. The minimum atomic E-state index is -0.421. The van der Waals surface area contributed by atoms with Crippen LogP contribution in [0.5, 0.6) is 0 Å². The first-order chi connectivity index (χ1) is 15.3. The van der Waals surface area contributed by atoms with Crippen LogP contribution in [0.1, 0.15) is 56.3 Å². The van der Waals surface area contributed by atoms with Crippen LogP contribution in [0, 0.1) is 13.8 Å². The topological polar surface area (TPSA) is 71.0 Å². The van der Waals surface area contributed by atoms with E-state index in [9.17, 15) is 9.59 Å². The van der Waals surface area contributed by atoms with E-state index in [-0.39, 0.29) is 25.0 Å². The lowest BCUT2D eigenvalue weighted by Gasteiger charge is -2.37. The largest absolute Gasteiger partial charge is 0.458 e. The van der Waals surface area contributed by atoms with Crippen LogP contribution in [0.4, 0.5) is 0 Å². The normalized spacial score (nSPS) is 18.5. The number of fused-ring (bicyclic) bond motifs is 1. The zero-order valence-electron chi connectivity index (χ0n) is 19.4. The summed E-state index contributed by atoms with van der Waals surface area (Å²) in [6.07, 6.45) is 2.63. The number of benzene rings is 1. The second-order valence-electron chi connectivity index (χ2n) is 8.19. The van der Waals surface area contributed by atoms with E-state index in [1.165, 1.54) is 11.8 Å². The maximum absolute atomic E-state index is 13.1. The van der Waals surface area contributed by atoms with Crippen molar-refractivity contribution in [2.24, 2.45) is 4.99 Å². The Hall–Kier alpha value is -2.80. The SMILES string of the molecule is C=CCOC(=O)C1=C(C)N=C2SC=C(CC(=O)NC(C)CC)N2C1c1ccc(C)cc1C. The Labute approximate surface area is 194 Å². The van der Waals surface area contributed by atoms with Gasteiger partial charge >= 0.3 is 5.97 Å². The summed E-state index contributed by atoms with van der Waals surface area (Å²) in [7, 11) is 0. The standard InChI is InChI=1S/C25H31N3O3S/c1-7-11-31-24(30)22-18(6)27-25-28(23(22)20-10-9-15(3)12-16(20)4)19(14-32-25)13-21(29)26-17(5)8-2/h7,9-10,12,14,17,23H,1,8,11,13H2,2-6H3,(H,26,29). The summed E-state index contributed by atoms with van der Waals surface area (Å²) >= 11 is 1.48. The molecule has 0 aromatic heterocycles. The zero-order chi connectivity index (χ0) is 23.4. The highest BCUT2D eigenvalue weighted by Gasteiger charge is 2.41. The number of allylic oxidation sites excluding steroid dienone is 1. The van der Waals surface area contributed by atoms with Crippen molar-refractivity contribution in [1.82, 2.24) is 10.2 Å². The van der Waals surface area contributed by atoms with Crippen LogP contribution in [-0.4, -0.2) is 34.6 Å². The molecule has 0 radical (unpaired) electrons. The molecule has 170 valence electrons. The highest BCUT2D eigenvalue weighted by molar-refractivity contribution is 8.16. The summed E-state index contributed by atoms with van der Waals surface area (Å²) in [6, 6.07) is 5.88. The van der Waals surface area contributed by atoms with Gasteiger partial charge in [0.1, 0.15) is 6.61 Å². The second kappa shape index (κ2) is 10.2. The second-order valence-corrected chi connectivity index (χ2v) is 9.03. The number of thioether (sulfide) groups is 1. The molecule has 0 fully saturated rings. The number of ether oxygens (including phenoxy) is 1. The lowest BCUT2D eigenvalue weighted by Crippen LogP contribution is -2.39. The monoisotopic (exact) mass is 453 g/mol. The van der Waals surface area contributed by atoms with E-state index >= 15 is 0 Å². The zero-order valence-corrected chi connectivity index (χ0v) is 20.2. The van der Waals surface area contributed by atoms with E-state index < -0.39 is 12.0 Å². The van der Waals surface area contributed by atoms with Crippen LogP contribution >= 0.6 is 11.8 Å². The third-order valence-electron chi connectivity index (χ3n) is 5.63. The Morgan fingerprint density at radius 2 is 2.09 bits per heavy atom. The minimum absolute atomic E-state index is 0.0473. The van der Waals surface area contributed by atoms with Crippen molar-refractivity contribution in [1.29, 1.82) is 0 Å². The fraction of sp³-hybridized carbons (Fsp3) is 0.400. The van der Waals surface area contributed by atoms with Crippen molar-refractivity contribution >= 4 is 28.8 Å². The summed E-state index contributed by atoms with van der Waals surface area (Å²) in [6.45, 7) is 13.7. The quantitative estimate of drug-likeness (QED) is 0.447. The number of hydrogen-bond acceptors (Lipinski definition) is 6. The molecule has 0 saturated carbocycles. The number of nitrogens with one attached hydrogen (secondary N) is 1. The summed E-state index contributed by atoms with van der Waals surface area (Å²) in [4.78, 5) is 32.5. The van der Waals surface area contributed by atoms with Crippen molar-refractivity contribution in [3.63, 3.8) is 0 Å². The molecule has 1 aromatic rings. The van der Waals surface area contributed by atoms with Crippen LogP contribution in [0.25, 0.3) is 0 Å². The van der Waals surface area contributed by atoms with Gasteiger partial charge in [0, 0.05) is 11.7 Å². The van der Waals surface area contributed by atoms with Gasteiger partial charge in [-0.3, -0.25) is 4.79 Å². The van der Waals surface area contributed by atoms with Crippen LogP contribution < -0.4 is 5.32 Å².